The van der Waals surface area contributed by atoms with Crippen molar-refractivity contribution < 1.29 is 22.8 Å². The van der Waals surface area contributed by atoms with E-state index >= 15 is 0 Å². The van der Waals surface area contributed by atoms with Gasteiger partial charge in [0.25, 0.3) is 0 Å². The number of para-hydroxylation sites is 1. The van der Waals surface area contributed by atoms with Crippen LogP contribution in [0.1, 0.15) is 18.4 Å². The molecule has 2 saturated heterocycles. The second kappa shape index (κ2) is 8.92. The van der Waals surface area contributed by atoms with Gasteiger partial charge in [-0.2, -0.15) is 24.9 Å². The van der Waals surface area contributed by atoms with Crippen molar-refractivity contribution in [1.29, 1.82) is 0 Å². The number of halogens is 4. The van der Waals surface area contributed by atoms with Gasteiger partial charge in [-0.05, 0) is 31.5 Å². The molecular formula is C18H21ClF3N3O2S. The summed E-state index contributed by atoms with van der Waals surface area (Å²) in [6, 6.07) is 2.95. The number of alkyl halides is 3. The van der Waals surface area contributed by atoms with Gasteiger partial charge < -0.3 is 10.2 Å². The molecule has 5 nitrogen and oxygen atoms in total. The lowest BCUT2D eigenvalue weighted by Gasteiger charge is -2.32. The normalized spacial score (nSPS) is 21.0. The fraction of sp³-hybridized carbons (Fsp3) is 0.556. The zero-order valence-electron chi connectivity index (χ0n) is 15.1. The van der Waals surface area contributed by atoms with Crippen molar-refractivity contribution in [1.82, 2.24) is 9.80 Å². The van der Waals surface area contributed by atoms with Crippen LogP contribution in [0, 0.1) is 0 Å². The fourth-order valence-corrected chi connectivity index (χ4v) is 4.67. The minimum absolute atomic E-state index is 0.000626. The first-order chi connectivity index (χ1) is 13.3. The Hall–Kier alpha value is -1.45. The predicted molar refractivity (Wildman–Crippen MR) is 104 cm³/mol. The van der Waals surface area contributed by atoms with Crippen molar-refractivity contribution in [2.24, 2.45) is 0 Å². The number of hydrogen-bond acceptors (Lipinski definition) is 4. The maximum absolute atomic E-state index is 13.2. The summed E-state index contributed by atoms with van der Waals surface area (Å²) < 4.78 is 39.6. The third-order valence-corrected chi connectivity index (χ3v) is 6.16. The SMILES string of the molecule is O=C(CN1CCCC1C(=O)N1CCSCC1)Nc1c(Cl)cccc1C(F)(F)F. The molecule has 1 N–H and O–H groups in total. The summed E-state index contributed by atoms with van der Waals surface area (Å²) in [5.41, 5.74) is -1.44. The van der Waals surface area contributed by atoms with E-state index in [0.29, 0.717) is 26.1 Å². The van der Waals surface area contributed by atoms with Gasteiger partial charge in [-0.1, -0.05) is 17.7 Å². The smallest absolute Gasteiger partial charge is 0.340 e. The van der Waals surface area contributed by atoms with E-state index < -0.39 is 29.4 Å². The summed E-state index contributed by atoms with van der Waals surface area (Å²) in [6.45, 7) is 1.78. The van der Waals surface area contributed by atoms with E-state index in [1.807, 2.05) is 4.90 Å². The number of thioether (sulfide) groups is 1. The van der Waals surface area contributed by atoms with Crippen molar-refractivity contribution in [2.75, 3.05) is 43.0 Å². The number of likely N-dealkylation sites (tertiary alicyclic amines) is 1. The largest absolute Gasteiger partial charge is 0.418 e. The van der Waals surface area contributed by atoms with Gasteiger partial charge in [0.1, 0.15) is 0 Å². The van der Waals surface area contributed by atoms with Crippen molar-refractivity contribution in [3.05, 3.63) is 28.8 Å². The molecule has 1 unspecified atom stereocenters. The molecule has 0 radical (unpaired) electrons. The average molecular weight is 436 g/mol. The summed E-state index contributed by atoms with van der Waals surface area (Å²) in [4.78, 5) is 28.8. The molecule has 2 aliphatic heterocycles. The first-order valence-corrected chi connectivity index (χ1v) is 10.6. The molecule has 0 aliphatic carbocycles. The minimum Gasteiger partial charge on any atom is -0.340 e. The Morgan fingerprint density at radius 2 is 1.93 bits per heavy atom. The molecule has 0 spiro atoms. The maximum atomic E-state index is 13.2. The van der Waals surface area contributed by atoms with Gasteiger partial charge in [0.15, 0.2) is 0 Å². The van der Waals surface area contributed by atoms with Crippen LogP contribution in [0.5, 0.6) is 0 Å². The van der Waals surface area contributed by atoms with E-state index in [-0.39, 0.29) is 17.5 Å². The van der Waals surface area contributed by atoms with Gasteiger partial charge in [0, 0.05) is 24.6 Å². The van der Waals surface area contributed by atoms with Crippen molar-refractivity contribution in [2.45, 2.75) is 25.1 Å². The molecule has 2 heterocycles. The van der Waals surface area contributed by atoms with Crippen LogP contribution in [0.25, 0.3) is 0 Å². The molecule has 2 aliphatic rings. The monoisotopic (exact) mass is 435 g/mol. The van der Waals surface area contributed by atoms with E-state index in [1.165, 1.54) is 12.1 Å². The van der Waals surface area contributed by atoms with Crippen molar-refractivity contribution >= 4 is 40.9 Å². The molecule has 28 heavy (non-hydrogen) atoms. The van der Waals surface area contributed by atoms with E-state index in [0.717, 1.165) is 24.0 Å². The number of rotatable bonds is 4. The molecule has 0 saturated carbocycles. The van der Waals surface area contributed by atoms with E-state index in [2.05, 4.69) is 5.32 Å². The van der Waals surface area contributed by atoms with E-state index in [1.54, 1.807) is 16.7 Å². The van der Waals surface area contributed by atoms with E-state index in [4.69, 9.17) is 11.6 Å². The zero-order chi connectivity index (χ0) is 20.3. The summed E-state index contributed by atoms with van der Waals surface area (Å²) in [7, 11) is 0. The lowest BCUT2D eigenvalue weighted by molar-refractivity contribution is -0.137. The van der Waals surface area contributed by atoms with Gasteiger partial charge in [-0.25, -0.2) is 0 Å². The average Bonchev–Trinajstić information content (AvgIpc) is 3.10. The molecule has 10 heteroatoms. The molecule has 1 atom stereocenters. The van der Waals surface area contributed by atoms with Gasteiger partial charge in [-0.3, -0.25) is 14.5 Å². The van der Waals surface area contributed by atoms with Crippen LogP contribution in [0.15, 0.2) is 18.2 Å². The van der Waals surface area contributed by atoms with Crippen LogP contribution in [-0.4, -0.2) is 65.3 Å². The Morgan fingerprint density at radius 1 is 1.21 bits per heavy atom. The molecule has 1 aromatic carbocycles. The molecule has 2 amide bonds. The molecule has 2 fully saturated rings. The molecule has 154 valence electrons. The summed E-state index contributed by atoms with van der Waals surface area (Å²) in [6.07, 6.45) is -3.21. The number of anilines is 1. The lowest BCUT2D eigenvalue weighted by atomic mass is 10.1. The number of nitrogens with zero attached hydrogens (tertiary/aromatic N) is 2. The zero-order valence-corrected chi connectivity index (χ0v) is 16.7. The standard InChI is InChI=1S/C18H21ClF3N3O2S/c19-13-4-1-3-12(18(20,21)22)16(13)23-15(26)11-25-6-2-5-14(25)17(27)24-7-9-28-10-8-24/h1,3-4,14H,2,5-11H2,(H,23,26). The Kier molecular flexibility index (Phi) is 6.77. The number of carbonyl (C=O) groups excluding carboxylic acids is 2. The van der Waals surface area contributed by atoms with Crippen LogP contribution in [0.3, 0.4) is 0 Å². The molecule has 1 aromatic rings. The second-order valence-corrected chi connectivity index (χ2v) is 8.41. The first kappa shape index (κ1) is 21.3. The Labute approximate surface area is 170 Å². The van der Waals surface area contributed by atoms with Crippen molar-refractivity contribution in [3.8, 4) is 0 Å². The third kappa shape index (κ3) is 4.93. The van der Waals surface area contributed by atoms with Crippen LogP contribution in [-0.2, 0) is 15.8 Å². The third-order valence-electron chi connectivity index (χ3n) is 4.90. The van der Waals surface area contributed by atoms with Crippen LogP contribution in [0.4, 0.5) is 18.9 Å². The van der Waals surface area contributed by atoms with Crippen LogP contribution >= 0.6 is 23.4 Å². The van der Waals surface area contributed by atoms with Gasteiger partial charge >= 0.3 is 6.18 Å². The Balaban J connectivity index is 1.67. The fourth-order valence-electron chi connectivity index (χ4n) is 3.54. The highest BCUT2D eigenvalue weighted by atomic mass is 35.5. The van der Waals surface area contributed by atoms with Gasteiger partial charge in [-0.15, -0.1) is 0 Å². The number of benzene rings is 1. The first-order valence-electron chi connectivity index (χ1n) is 9.03. The van der Waals surface area contributed by atoms with Gasteiger partial charge in [0.2, 0.25) is 11.8 Å². The predicted octanol–water partition coefficient (Wildman–Crippen LogP) is 3.34. The van der Waals surface area contributed by atoms with Gasteiger partial charge in [0.05, 0.1) is 28.9 Å². The molecular weight excluding hydrogens is 415 g/mol. The molecule has 0 bridgehead atoms. The minimum atomic E-state index is -4.63. The highest BCUT2D eigenvalue weighted by molar-refractivity contribution is 7.99. The summed E-state index contributed by atoms with van der Waals surface area (Å²) in [5.74, 6) is 1.17. The van der Waals surface area contributed by atoms with E-state index in [9.17, 15) is 22.8 Å². The number of carbonyl (C=O) groups is 2. The Bertz CT molecular complexity index is 741. The maximum Gasteiger partial charge on any atom is 0.418 e. The number of nitrogens with one attached hydrogen (secondary N) is 1. The highest BCUT2D eigenvalue weighted by Gasteiger charge is 2.37. The van der Waals surface area contributed by atoms with Crippen LogP contribution < -0.4 is 5.32 Å². The summed E-state index contributed by atoms with van der Waals surface area (Å²) in [5, 5.41) is 2.11. The summed E-state index contributed by atoms with van der Waals surface area (Å²) >= 11 is 7.69. The quantitative estimate of drug-likeness (QED) is 0.788. The van der Waals surface area contributed by atoms with Crippen LogP contribution in [0.2, 0.25) is 5.02 Å². The number of amides is 2. The van der Waals surface area contributed by atoms with Crippen molar-refractivity contribution in [3.63, 3.8) is 0 Å². The Morgan fingerprint density at radius 3 is 2.61 bits per heavy atom. The lowest BCUT2D eigenvalue weighted by Crippen LogP contribution is -2.50. The highest BCUT2D eigenvalue weighted by Crippen LogP contribution is 2.38. The topological polar surface area (TPSA) is 52.7 Å². The number of hydrogen-bond donors (Lipinski definition) is 1. The second-order valence-electron chi connectivity index (χ2n) is 6.77. The molecule has 0 aromatic heterocycles. The molecule has 3 rings (SSSR count).